The summed E-state index contributed by atoms with van der Waals surface area (Å²) in [6.07, 6.45) is 4.31. The van der Waals surface area contributed by atoms with Crippen molar-refractivity contribution in [3.63, 3.8) is 0 Å². The van der Waals surface area contributed by atoms with Crippen molar-refractivity contribution in [1.82, 2.24) is 4.98 Å². The molecule has 0 unspecified atom stereocenters. The average Bonchev–Trinajstić information content (AvgIpc) is 3.03. The molecule has 0 saturated heterocycles. The van der Waals surface area contributed by atoms with E-state index in [-0.39, 0.29) is 21.6 Å². The van der Waals surface area contributed by atoms with Gasteiger partial charge in [0.15, 0.2) is 14.9 Å². The third kappa shape index (κ3) is 3.01. The van der Waals surface area contributed by atoms with E-state index < -0.39 is 15.8 Å². The normalized spacial score (nSPS) is 15.5. The van der Waals surface area contributed by atoms with Crippen molar-refractivity contribution in [3.8, 4) is 0 Å². The number of pyridine rings is 1. The van der Waals surface area contributed by atoms with Crippen molar-refractivity contribution in [2.75, 3.05) is 7.11 Å². The van der Waals surface area contributed by atoms with Crippen molar-refractivity contribution >= 4 is 21.5 Å². The second kappa shape index (κ2) is 6.15. The third-order valence-corrected chi connectivity index (χ3v) is 5.69. The molecular weight excluding hydrogens is 294 g/mol. The predicted molar refractivity (Wildman–Crippen MR) is 73.4 cm³/mol. The first-order valence-corrected chi connectivity index (χ1v) is 8.06. The van der Waals surface area contributed by atoms with Crippen LogP contribution in [0.3, 0.4) is 0 Å². The maximum Gasteiger partial charge on any atom is 0.422 e. The van der Waals surface area contributed by atoms with E-state index in [2.05, 4.69) is 14.5 Å². The molecule has 2 rings (SSSR count). The Bertz CT molecular complexity index is 685. The van der Waals surface area contributed by atoms with E-state index in [9.17, 15) is 13.2 Å². The highest BCUT2D eigenvalue weighted by Gasteiger charge is 2.32. The summed E-state index contributed by atoms with van der Waals surface area (Å²) in [6, 6.07) is 2.69. The quantitative estimate of drug-likeness (QED) is 0.356. The second-order valence-corrected chi connectivity index (χ2v) is 6.95. The summed E-state index contributed by atoms with van der Waals surface area (Å²) in [5, 5.41) is -0.414. The lowest BCUT2D eigenvalue weighted by atomic mass is 10.2. The van der Waals surface area contributed by atoms with E-state index in [0.717, 1.165) is 20.0 Å². The third-order valence-electron chi connectivity index (χ3n) is 3.52. The lowest BCUT2D eigenvalue weighted by Crippen LogP contribution is -2.21. The fraction of sp³-hybridized carbons (Fsp3) is 0.462. The van der Waals surface area contributed by atoms with Crippen molar-refractivity contribution in [2.24, 2.45) is 0 Å². The fourth-order valence-corrected chi connectivity index (χ4v) is 4.12. The van der Waals surface area contributed by atoms with Crippen LogP contribution in [-0.2, 0) is 19.4 Å². The zero-order valence-corrected chi connectivity index (χ0v) is 12.3. The van der Waals surface area contributed by atoms with Gasteiger partial charge in [0.05, 0.1) is 17.9 Å². The number of ether oxygens (including phenoxy) is 1. The van der Waals surface area contributed by atoms with Crippen LogP contribution in [0.2, 0.25) is 0 Å². The molecule has 1 heterocycles. The van der Waals surface area contributed by atoms with Crippen LogP contribution in [0.4, 0.5) is 0 Å². The number of carbonyl (C=O) groups is 1. The van der Waals surface area contributed by atoms with Crippen LogP contribution in [0, 0.1) is 0 Å². The highest BCUT2D eigenvalue weighted by molar-refractivity contribution is 7.92. The number of hydrogen-bond donors (Lipinski definition) is 0. The van der Waals surface area contributed by atoms with E-state index in [0.29, 0.717) is 12.8 Å². The van der Waals surface area contributed by atoms with Gasteiger partial charge in [-0.05, 0) is 25.0 Å². The molecule has 1 fully saturated rings. The molecule has 0 N–H and O–H groups in total. The summed E-state index contributed by atoms with van der Waals surface area (Å²) in [5.41, 5.74) is 8.69. The maximum absolute atomic E-state index is 12.3. The van der Waals surface area contributed by atoms with Gasteiger partial charge in [-0.1, -0.05) is 12.8 Å². The van der Waals surface area contributed by atoms with E-state index in [4.69, 9.17) is 5.53 Å². The molecule has 0 atom stereocenters. The number of hydrogen-bond acceptors (Lipinski definition) is 5. The van der Waals surface area contributed by atoms with Gasteiger partial charge in [0.2, 0.25) is 0 Å². The molecular formula is C13H15N3O4S. The smallest absolute Gasteiger partial charge is 0.422 e. The first kappa shape index (κ1) is 15.3. The highest BCUT2D eigenvalue weighted by Crippen LogP contribution is 2.28. The number of aromatic nitrogens is 1. The summed E-state index contributed by atoms with van der Waals surface area (Å²) in [5.74, 6) is -0.828. The summed E-state index contributed by atoms with van der Waals surface area (Å²) in [4.78, 5) is 18.1. The van der Waals surface area contributed by atoms with Gasteiger partial charge in [-0.3, -0.25) is 0 Å². The Morgan fingerprint density at radius 1 is 1.38 bits per heavy atom. The molecule has 0 amide bonds. The van der Waals surface area contributed by atoms with Crippen LogP contribution >= 0.6 is 0 Å². The van der Waals surface area contributed by atoms with Crippen LogP contribution in [0.25, 0.3) is 5.53 Å². The molecule has 112 valence electrons. The Kier molecular flexibility index (Phi) is 4.50. The van der Waals surface area contributed by atoms with Gasteiger partial charge >= 0.3 is 11.7 Å². The van der Waals surface area contributed by atoms with Gasteiger partial charge in [-0.2, -0.15) is 4.79 Å². The number of rotatable bonds is 4. The first-order valence-electron chi connectivity index (χ1n) is 6.51. The molecule has 0 aromatic carbocycles. The highest BCUT2D eigenvalue weighted by atomic mass is 32.2. The molecule has 1 aromatic rings. The maximum atomic E-state index is 12.3. The minimum absolute atomic E-state index is 0.0275. The predicted octanol–water partition coefficient (Wildman–Crippen LogP) is 0.990. The molecule has 1 aliphatic carbocycles. The van der Waals surface area contributed by atoms with Gasteiger partial charge < -0.3 is 10.3 Å². The standard InChI is InChI=1S/C13H15N3O4S/c1-20-13(17)12(16-14)9-6-7-11(15-8-9)21(18,19)10-4-2-3-5-10/h6-8,10H,2-5H2,1H3. The number of methoxy groups -OCH3 is 1. The van der Waals surface area contributed by atoms with Crippen LogP contribution < -0.4 is 0 Å². The number of sulfone groups is 1. The minimum atomic E-state index is -3.44. The van der Waals surface area contributed by atoms with Gasteiger partial charge in [-0.15, -0.1) is 0 Å². The summed E-state index contributed by atoms with van der Waals surface area (Å²) >= 11 is 0. The molecule has 1 aromatic heterocycles. The Hall–Kier alpha value is -2.05. The van der Waals surface area contributed by atoms with Gasteiger partial charge in [-0.25, -0.2) is 18.2 Å². The molecule has 0 bridgehead atoms. The van der Waals surface area contributed by atoms with E-state index in [1.165, 1.54) is 18.3 Å². The minimum Gasteiger partial charge on any atom is -0.460 e. The molecule has 8 heteroatoms. The van der Waals surface area contributed by atoms with E-state index in [1.807, 2.05) is 0 Å². The Morgan fingerprint density at radius 3 is 2.52 bits per heavy atom. The summed E-state index contributed by atoms with van der Waals surface area (Å²) in [6.45, 7) is 0. The molecule has 0 spiro atoms. The molecule has 0 aliphatic heterocycles. The number of carbonyl (C=O) groups excluding carboxylic acids is 1. The first-order chi connectivity index (χ1) is 10.0. The topological polar surface area (TPSA) is 110 Å². The number of esters is 1. The molecule has 1 saturated carbocycles. The zero-order valence-electron chi connectivity index (χ0n) is 11.5. The van der Waals surface area contributed by atoms with E-state index in [1.54, 1.807) is 0 Å². The molecule has 0 radical (unpaired) electrons. The monoisotopic (exact) mass is 309 g/mol. The SMILES string of the molecule is COC(=O)C(=[N+]=[N-])c1ccc(S(=O)(=O)C2CCCC2)nc1. The molecule has 7 nitrogen and oxygen atoms in total. The lowest BCUT2D eigenvalue weighted by Gasteiger charge is -2.09. The summed E-state index contributed by atoms with van der Waals surface area (Å²) in [7, 11) is -2.29. The Labute approximate surface area is 122 Å². The second-order valence-electron chi connectivity index (χ2n) is 4.78. The van der Waals surface area contributed by atoms with Crippen LogP contribution in [0.5, 0.6) is 0 Å². The molecule has 21 heavy (non-hydrogen) atoms. The van der Waals surface area contributed by atoms with Gasteiger partial charge in [0, 0.05) is 6.20 Å². The van der Waals surface area contributed by atoms with Gasteiger partial charge in [0.1, 0.15) is 0 Å². The Balaban J connectivity index is 2.31. The fourth-order valence-electron chi connectivity index (χ4n) is 2.37. The largest absolute Gasteiger partial charge is 0.460 e. The Morgan fingerprint density at radius 2 is 2.05 bits per heavy atom. The van der Waals surface area contributed by atoms with Crippen molar-refractivity contribution in [1.29, 1.82) is 0 Å². The lowest BCUT2D eigenvalue weighted by molar-refractivity contribution is -0.137. The average molecular weight is 309 g/mol. The summed E-state index contributed by atoms with van der Waals surface area (Å²) < 4.78 is 29.1. The van der Waals surface area contributed by atoms with Crippen LogP contribution in [-0.4, -0.2) is 42.2 Å². The van der Waals surface area contributed by atoms with Crippen LogP contribution in [0.15, 0.2) is 23.4 Å². The van der Waals surface area contributed by atoms with Gasteiger partial charge in [0.25, 0.3) is 0 Å². The van der Waals surface area contributed by atoms with E-state index >= 15 is 0 Å². The van der Waals surface area contributed by atoms with Crippen LogP contribution in [0.1, 0.15) is 31.2 Å². The number of nitrogens with zero attached hydrogens (tertiary/aromatic N) is 3. The molecule has 1 aliphatic rings. The van der Waals surface area contributed by atoms with Crippen molar-refractivity contribution < 1.29 is 22.7 Å². The van der Waals surface area contributed by atoms with Crippen molar-refractivity contribution in [3.05, 3.63) is 29.4 Å². The van der Waals surface area contributed by atoms with Crippen molar-refractivity contribution in [2.45, 2.75) is 36.0 Å². The zero-order chi connectivity index (χ0) is 15.5.